The summed E-state index contributed by atoms with van der Waals surface area (Å²) in [6.07, 6.45) is 2.88. The molecule has 1 heterocycles. The second-order valence-electron chi connectivity index (χ2n) is 10.8. The number of carbonyl (C=O) groups excluding carboxylic acids is 1. The van der Waals surface area contributed by atoms with Crippen molar-refractivity contribution in [3.05, 3.63) is 0 Å². The Kier molecular flexibility index (Phi) is 5.18. The largest absolute Gasteiger partial charge is 0.342 e. The van der Waals surface area contributed by atoms with Gasteiger partial charge >= 0.3 is 0 Å². The number of amides is 1. The fourth-order valence-electron chi connectivity index (χ4n) is 2.60. The van der Waals surface area contributed by atoms with E-state index in [9.17, 15) is 4.79 Å². The van der Waals surface area contributed by atoms with E-state index in [0.717, 1.165) is 13.1 Å². The molecule has 1 aliphatic carbocycles. The third-order valence-corrected chi connectivity index (χ3v) is 5.85. The van der Waals surface area contributed by atoms with Crippen LogP contribution in [0.2, 0.25) is 0 Å². The number of nitrogens with zero attached hydrogens (tertiary/aromatic N) is 1. The molecule has 0 N–H and O–H groups in total. The van der Waals surface area contributed by atoms with Crippen molar-refractivity contribution in [3.63, 3.8) is 0 Å². The molecular weight excluding hydrogens is 270 g/mol. The molecule has 0 aromatic carbocycles. The maximum atomic E-state index is 11.8. The minimum atomic E-state index is -0.219. The number of likely N-dealkylation sites (tertiary alicyclic amines) is 1. The molecule has 22 heavy (non-hydrogen) atoms. The van der Waals surface area contributed by atoms with Gasteiger partial charge in [-0.25, -0.2) is 0 Å². The van der Waals surface area contributed by atoms with Gasteiger partial charge in [0.05, 0.1) is 0 Å². The van der Waals surface area contributed by atoms with E-state index < -0.39 is 0 Å². The van der Waals surface area contributed by atoms with Gasteiger partial charge in [0.1, 0.15) is 0 Å². The molecule has 0 radical (unpaired) electrons. The maximum Gasteiger partial charge on any atom is 0.227 e. The van der Waals surface area contributed by atoms with Gasteiger partial charge in [-0.3, -0.25) is 4.79 Å². The summed E-state index contributed by atoms with van der Waals surface area (Å²) in [4.78, 5) is 13.8. The summed E-state index contributed by atoms with van der Waals surface area (Å²) in [6.45, 7) is 24.0. The van der Waals surface area contributed by atoms with Crippen LogP contribution < -0.4 is 0 Å². The minimum absolute atomic E-state index is 0.219. The fourth-order valence-corrected chi connectivity index (χ4v) is 2.60. The normalized spacial score (nSPS) is 21.6. The highest BCUT2D eigenvalue weighted by Gasteiger charge is 2.47. The van der Waals surface area contributed by atoms with E-state index in [1.54, 1.807) is 0 Å². The first kappa shape index (κ1) is 19.5. The van der Waals surface area contributed by atoms with E-state index in [1.165, 1.54) is 12.8 Å². The number of hydrogen-bond acceptors (Lipinski definition) is 1. The lowest BCUT2D eigenvalue weighted by Crippen LogP contribution is -2.57. The Balaban J connectivity index is 0.000000255. The zero-order chi connectivity index (χ0) is 17.6. The van der Waals surface area contributed by atoms with E-state index in [4.69, 9.17) is 0 Å². The van der Waals surface area contributed by atoms with Crippen molar-refractivity contribution in [2.24, 2.45) is 27.6 Å². The molecule has 0 aromatic heterocycles. The minimum Gasteiger partial charge on any atom is -0.342 e. The van der Waals surface area contributed by atoms with Crippen LogP contribution in [-0.2, 0) is 4.79 Å². The predicted octanol–water partition coefficient (Wildman–Crippen LogP) is 5.37. The SMILES string of the molecule is CC(C)(C)C(=O)N1CC(C(C)(C)C)C1.CC(C)(C)C1(C)CC1. The van der Waals surface area contributed by atoms with Crippen LogP contribution in [0.1, 0.15) is 82.1 Å². The summed E-state index contributed by atoms with van der Waals surface area (Å²) in [6, 6.07) is 0. The molecule has 2 fully saturated rings. The third kappa shape index (κ3) is 4.73. The van der Waals surface area contributed by atoms with Gasteiger partial charge in [0.15, 0.2) is 0 Å². The molecule has 2 aliphatic rings. The molecule has 0 aromatic rings. The molecule has 130 valence electrons. The second kappa shape index (κ2) is 5.83. The highest BCUT2D eigenvalue weighted by Crippen LogP contribution is 2.57. The van der Waals surface area contributed by atoms with Crippen molar-refractivity contribution in [2.75, 3.05) is 13.1 Å². The van der Waals surface area contributed by atoms with Crippen molar-refractivity contribution in [2.45, 2.75) is 82.1 Å². The Labute approximate surface area is 139 Å². The third-order valence-electron chi connectivity index (χ3n) is 5.85. The van der Waals surface area contributed by atoms with Crippen LogP contribution in [0.3, 0.4) is 0 Å². The topological polar surface area (TPSA) is 20.3 Å². The smallest absolute Gasteiger partial charge is 0.227 e. The number of rotatable bonds is 0. The van der Waals surface area contributed by atoms with Crippen LogP contribution in [-0.4, -0.2) is 23.9 Å². The molecule has 2 heteroatoms. The molecule has 0 unspecified atom stereocenters. The molecule has 0 bridgehead atoms. The van der Waals surface area contributed by atoms with Gasteiger partial charge in [-0.2, -0.15) is 0 Å². The standard InChI is InChI=1S/C12H23NO.C8H16/c1-11(2,3)9-7-13(8-9)10(14)12(4,5)6;1-7(2,3)8(4)5-6-8/h9H,7-8H2,1-6H3;5-6H2,1-4H3. The van der Waals surface area contributed by atoms with Crippen LogP contribution in [0.15, 0.2) is 0 Å². The summed E-state index contributed by atoms with van der Waals surface area (Å²) < 4.78 is 0. The van der Waals surface area contributed by atoms with E-state index in [-0.39, 0.29) is 11.3 Å². The van der Waals surface area contributed by atoms with Crippen molar-refractivity contribution < 1.29 is 4.79 Å². The van der Waals surface area contributed by atoms with Gasteiger partial charge in [-0.1, -0.05) is 69.2 Å². The molecular formula is C20H39NO. The van der Waals surface area contributed by atoms with E-state index in [0.29, 0.717) is 22.2 Å². The summed E-state index contributed by atoms with van der Waals surface area (Å²) in [5.41, 5.74) is 1.36. The number of carbonyl (C=O) groups is 1. The Bertz CT molecular complexity index is 390. The first-order valence-corrected chi connectivity index (χ1v) is 8.87. The van der Waals surface area contributed by atoms with Gasteiger partial charge in [-0.15, -0.1) is 0 Å². The van der Waals surface area contributed by atoms with Crippen molar-refractivity contribution in [3.8, 4) is 0 Å². The van der Waals surface area contributed by atoms with Gasteiger partial charge in [-0.05, 0) is 35.0 Å². The molecule has 0 spiro atoms. The van der Waals surface area contributed by atoms with E-state index in [2.05, 4.69) is 48.5 Å². The summed E-state index contributed by atoms with van der Waals surface area (Å²) in [5, 5.41) is 0. The zero-order valence-corrected chi connectivity index (χ0v) is 16.8. The summed E-state index contributed by atoms with van der Waals surface area (Å²) in [5.74, 6) is 0.965. The first-order valence-electron chi connectivity index (χ1n) is 8.87. The lowest BCUT2D eigenvalue weighted by molar-refractivity contribution is -0.148. The molecule has 1 saturated heterocycles. The lowest BCUT2D eigenvalue weighted by atomic mass is 9.75. The first-order chi connectivity index (χ1) is 9.58. The van der Waals surface area contributed by atoms with Gasteiger partial charge in [0.2, 0.25) is 5.91 Å². The molecule has 0 atom stereocenters. The van der Waals surface area contributed by atoms with Crippen LogP contribution in [0.4, 0.5) is 0 Å². The van der Waals surface area contributed by atoms with Crippen LogP contribution >= 0.6 is 0 Å². The lowest BCUT2D eigenvalue weighted by Gasteiger charge is -2.48. The predicted molar refractivity (Wildman–Crippen MR) is 95.8 cm³/mol. The second-order valence-corrected chi connectivity index (χ2v) is 10.8. The van der Waals surface area contributed by atoms with Crippen LogP contribution in [0.5, 0.6) is 0 Å². The summed E-state index contributed by atoms with van der Waals surface area (Å²) in [7, 11) is 0. The average molecular weight is 310 g/mol. The van der Waals surface area contributed by atoms with Crippen molar-refractivity contribution >= 4 is 5.91 Å². The fraction of sp³-hybridized carbons (Fsp3) is 0.950. The van der Waals surface area contributed by atoms with E-state index in [1.807, 2.05) is 25.7 Å². The Hall–Kier alpha value is -0.530. The molecule has 2 nitrogen and oxygen atoms in total. The van der Waals surface area contributed by atoms with Crippen LogP contribution in [0.25, 0.3) is 0 Å². The maximum absolute atomic E-state index is 11.8. The van der Waals surface area contributed by atoms with Crippen molar-refractivity contribution in [1.29, 1.82) is 0 Å². The van der Waals surface area contributed by atoms with Crippen molar-refractivity contribution in [1.82, 2.24) is 4.90 Å². The van der Waals surface area contributed by atoms with E-state index >= 15 is 0 Å². The highest BCUT2D eigenvalue weighted by molar-refractivity contribution is 5.82. The average Bonchev–Trinajstić information content (AvgIpc) is 2.91. The number of hydrogen-bond donors (Lipinski definition) is 0. The van der Waals surface area contributed by atoms with Gasteiger partial charge in [0, 0.05) is 18.5 Å². The van der Waals surface area contributed by atoms with Gasteiger partial charge in [0.25, 0.3) is 0 Å². The van der Waals surface area contributed by atoms with Gasteiger partial charge < -0.3 is 4.90 Å². The Morgan fingerprint density at radius 3 is 1.50 bits per heavy atom. The zero-order valence-electron chi connectivity index (χ0n) is 16.8. The monoisotopic (exact) mass is 309 g/mol. The highest BCUT2D eigenvalue weighted by atomic mass is 16.2. The summed E-state index contributed by atoms with van der Waals surface area (Å²) >= 11 is 0. The molecule has 2 rings (SSSR count). The Morgan fingerprint density at radius 1 is 0.909 bits per heavy atom. The molecule has 1 aliphatic heterocycles. The quantitative estimate of drug-likeness (QED) is 0.589. The van der Waals surface area contributed by atoms with Crippen LogP contribution in [0, 0.1) is 27.6 Å². The molecule has 1 saturated carbocycles. The Morgan fingerprint density at radius 2 is 1.32 bits per heavy atom. The molecule has 1 amide bonds.